The second-order valence-electron chi connectivity index (χ2n) is 6.06. The molecule has 3 rings (SSSR count). The molecule has 1 aliphatic carbocycles. The quantitative estimate of drug-likeness (QED) is 0.890. The fourth-order valence-electron chi connectivity index (χ4n) is 2.79. The number of carbonyl (C=O) groups excluding carboxylic acids is 2. The molecule has 5 nitrogen and oxygen atoms in total. The summed E-state index contributed by atoms with van der Waals surface area (Å²) in [7, 11) is 0. The zero-order valence-corrected chi connectivity index (χ0v) is 13.0. The highest BCUT2D eigenvalue weighted by Crippen LogP contribution is 2.59. The molecule has 0 aliphatic heterocycles. The number of hydrogen-bond donors (Lipinski definition) is 2. The summed E-state index contributed by atoms with van der Waals surface area (Å²) >= 11 is 0. The summed E-state index contributed by atoms with van der Waals surface area (Å²) in [6, 6.07) is 13.5. The smallest absolute Gasteiger partial charge is 0.243 e. The van der Waals surface area contributed by atoms with E-state index in [2.05, 4.69) is 15.6 Å². The van der Waals surface area contributed by atoms with Gasteiger partial charge in [0.1, 0.15) is 0 Å². The summed E-state index contributed by atoms with van der Waals surface area (Å²) in [4.78, 5) is 28.2. The largest absolute Gasteiger partial charge is 0.347 e. The number of aromatic nitrogens is 1. The Hall–Kier alpha value is -2.69. The molecule has 1 heterocycles. The Labute approximate surface area is 135 Å². The van der Waals surface area contributed by atoms with Gasteiger partial charge in [-0.2, -0.15) is 0 Å². The van der Waals surface area contributed by atoms with Crippen LogP contribution in [-0.4, -0.2) is 23.3 Å². The molecule has 0 radical (unpaired) electrons. The highest BCUT2D eigenvalue weighted by molar-refractivity contribution is 5.96. The van der Waals surface area contributed by atoms with Crippen LogP contribution in [0.25, 0.3) is 0 Å². The minimum absolute atomic E-state index is 0.0369. The number of anilines is 1. The number of amides is 2. The Morgan fingerprint density at radius 1 is 1.22 bits per heavy atom. The van der Waals surface area contributed by atoms with E-state index in [1.54, 1.807) is 24.5 Å². The van der Waals surface area contributed by atoms with Gasteiger partial charge in [0.05, 0.1) is 23.8 Å². The lowest BCUT2D eigenvalue weighted by Crippen LogP contribution is -2.37. The average molecular weight is 309 g/mol. The van der Waals surface area contributed by atoms with E-state index in [-0.39, 0.29) is 24.3 Å². The molecule has 118 valence electrons. The SMILES string of the molecule is C[C@]1(C(=O)NCC(=O)Nc2cccnc2)C[C@@H]1c1ccccc1. The number of nitrogens with zero attached hydrogens (tertiary/aromatic N) is 1. The molecule has 1 aromatic carbocycles. The number of benzene rings is 1. The van der Waals surface area contributed by atoms with Gasteiger partial charge in [-0.05, 0) is 30.0 Å². The zero-order valence-electron chi connectivity index (χ0n) is 13.0. The third kappa shape index (κ3) is 3.39. The van der Waals surface area contributed by atoms with E-state index in [0.29, 0.717) is 5.69 Å². The summed E-state index contributed by atoms with van der Waals surface area (Å²) in [5.41, 5.74) is 1.37. The molecule has 1 fully saturated rings. The Morgan fingerprint density at radius 3 is 2.70 bits per heavy atom. The predicted molar refractivity (Wildman–Crippen MR) is 87.8 cm³/mol. The van der Waals surface area contributed by atoms with Crippen molar-refractivity contribution in [1.29, 1.82) is 0 Å². The van der Waals surface area contributed by atoms with Crippen molar-refractivity contribution < 1.29 is 9.59 Å². The van der Waals surface area contributed by atoms with Crippen LogP contribution >= 0.6 is 0 Å². The van der Waals surface area contributed by atoms with Crippen molar-refractivity contribution in [2.75, 3.05) is 11.9 Å². The summed E-state index contributed by atoms with van der Waals surface area (Å²) in [6.45, 7) is 1.91. The van der Waals surface area contributed by atoms with Gasteiger partial charge in [-0.3, -0.25) is 14.6 Å². The first-order valence-corrected chi connectivity index (χ1v) is 7.63. The van der Waals surface area contributed by atoms with Gasteiger partial charge in [-0.1, -0.05) is 37.3 Å². The molecule has 1 saturated carbocycles. The first-order valence-electron chi connectivity index (χ1n) is 7.63. The van der Waals surface area contributed by atoms with Crippen molar-refractivity contribution in [3.05, 3.63) is 60.4 Å². The van der Waals surface area contributed by atoms with E-state index >= 15 is 0 Å². The van der Waals surface area contributed by atoms with Crippen molar-refractivity contribution in [2.45, 2.75) is 19.3 Å². The normalized spacial score (nSPS) is 22.2. The second-order valence-corrected chi connectivity index (χ2v) is 6.06. The standard InChI is InChI=1S/C18H19N3O2/c1-18(10-15(18)13-6-3-2-4-7-13)17(23)20-12-16(22)21-14-8-5-9-19-11-14/h2-9,11,15H,10,12H2,1H3,(H,20,23)(H,21,22)/t15-,18+/m1/s1. The van der Waals surface area contributed by atoms with Crippen molar-refractivity contribution in [1.82, 2.24) is 10.3 Å². The van der Waals surface area contributed by atoms with Gasteiger partial charge in [0.15, 0.2) is 0 Å². The van der Waals surface area contributed by atoms with Crippen molar-refractivity contribution in [3.8, 4) is 0 Å². The van der Waals surface area contributed by atoms with Crippen LogP contribution < -0.4 is 10.6 Å². The van der Waals surface area contributed by atoms with Crippen LogP contribution in [0.1, 0.15) is 24.8 Å². The molecule has 2 amide bonds. The lowest BCUT2D eigenvalue weighted by Gasteiger charge is -2.12. The molecular formula is C18H19N3O2. The maximum absolute atomic E-state index is 12.4. The summed E-state index contributed by atoms with van der Waals surface area (Å²) in [6.07, 6.45) is 4.01. The first-order chi connectivity index (χ1) is 11.1. The molecule has 1 aromatic heterocycles. The zero-order chi connectivity index (χ0) is 16.3. The van der Waals surface area contributed by atoms with Crippen molar-refractivity contribution in [3.63, 3.8) is 0 Å². The van der Waals surface area contributed by atoms with Gasteiger partial charge >= 0.3 is 0 Å². The molecule has 1 aliphatic rings. The average Bonchev–Trinajstić information content (AvgIpc) is 3.28. The Balaban J connectivity index is 1.51. The fourth-order valence-corrected chi connectivity index (χ4v) is 2.79. The summed E-state index contributed by atoms with van der Waals surface area (Å²) in [5.74, 6) is -0.107. The number of pyridine rings is 1. The van der Waals surface area contributed by atoms with Gasteiger partial charge in [-0.15, -0.1) is 0 Å². The van der Waals surface area contributed by atoms with Crippen molar-refractivity contribution in [2.24, 2.45) is 5.41 Å². The first kappa shape index (κ1) is 15.2. The van der Waals surface area contributed by atoms with Crippen molar-refractivity contribution >= 4 is 17.5 Å². The predicted octanol–water partition coefficient (Wildman–Crippen LogP) is 2.33. The Morgan fingerprint density at radius 2 is 2.00 bits per heavy atom. The lowest BCUT2D eigenvalue weighted by atomic mass is 10.0. The van der Waals surface area contributed by atoms with Crippen LogP contribution in [0, 0.1) is 5.41 Å². The van der Waals surface area contributed by atoms with E-state index < -0.39 is 5.41 Å². The highest BCUT2D eigenvalue weighted by Gasteiger charge is 2.56. The van der Waals surface area contributed by atoms with Crippen LogP contribution in [0.5, 0.6) is 0 Å². The molecular weight excluding hydrogens is 290 g/mol. The lowest BCUT2D eigenvalue weighted by molar-refractivity contribution is -0.128. The monoisotopic (exact) mass is 309 g/mol. The number of nitrogens with one attached hydrogen (secondary N) is 2. The van der Waals surface area contributed by atoms with Gasteiger partial charge in [0.25, 0.3) is 0 Å². The summed E-state index contributed by atoms with van der Waals surface area (Å²) in [5, 5.41) is 5.43. The molecule has 23 heavy (non-hydrogen) atoms. The third-order valence-electron chi connectivity index (χ3n) is 4.31. The molecule has 0 bridgehead atoms. The minimum Gasteiger partial charge on any atom is -0.347 e. The molecule has 2 N–H and O–H groups in total. The number of hydrogen-bond acceptors (Lipinski definition) is 3. The van der Waals surface area contributed by atoms with Crippen LogP contribution in [-0.2, 0) is 9.59 Å². The number of carbonyl (C=O) groups is 2. The molecule has 2 aromatic rings. The third-order valence-corrected chi connectivity index (χ3v) is 4.31. The van der Waals surface area contributed by atoms with Crippen LogP contribution in [0.3, 0.4) is 0 Å². The maximum Gasteiger partial charge on any atom is 0.243 e. The minimum atomic E-state index is -0.421. The highest BCUT2D eigenvalue weighted by atomic mass is 16.2. The Kier molecular flexibility index (Phi) is 4.10. The Bertz CT molecular complexity index is 703. The van der Waals surface area contributed by atoms with E-state index in [9.17, 15) is 9.59 Å². The molecule has 5 heteroatoms. The summed E-state index contributed by atoms with van der Waals surface area (Å²) < 4.78 is 0. The molecule has 0 saturated heterocycles. The van der Waals surface area contributed by atoms with E-state index in [0.717, 1.165) is 6.42 Å². The van der Waals surface area contributed by atoms with E-state index in [1.165, 1.54) is 5.56 Å². The topological polar surface area (TPSA) is 71.1 Å². The molecule has 0 spiro atoms. The van der Waals surface area contributed by atoms with Gasteiger partial charge < -0.3 is 10.6 Å². The van der Waals surface area contributed by atoms with Crippen LogP contribution in [0.4, 0.5) is 5.69 Å². The maximum atomic E-state index is 12.4. The fraction of sp³-hybridized carbons (Fsp3) is 0.278. The van der Waals surface area contributed by atoms with E-state index in [4.69, 9.17) is 0 Å². The number of rotatable bonds is 5. The van der Waals surface area contributed by atoms with Crippen LogP contribution in [0.15, 0.2) is 54.9 Å². The molecule has 0 unspecified atom stereocenters. The van der Waals surface area contributed by atoms with E-state index in [1.807, 2.05) is 37.3 Å². The second kappa shape index (κ2) is 6.20. The molecule has 2 atom stereocenters. The van der Waals surface area contributed by atoms with Gasteiger partial charge in [0.2, 0.25) is 11.8 Å². The van der Waals surface area contributed by atoms with Crippen LogP contribution in [0.2, 0.25) is 0 Å². The van der Waals surface area contributed by atoms with Gasteiger partial charge in [-0.25, -0.2) is 0 Å². The van der Waals surface area contributed by atoms with Gasteiger partial charge in [0, 0.05) is 6.20 Å².